The van der Waals surface area contributed by atoms with Crippen molar-refractivity contribution >= 4 is 11.9 Å². The quantitative estimate of drug-likeness (QED) is 0.865. The first kappa shape index (κ1) is 12.8. The van der Waals surface area contributed by atoms with E-state index < -0.39 is 5.97 Å². The van der Waals surface area contributed by atoms with Crippen LogP contribution in [0.2, 0.25) is 0 Å². The molecular formula is C13H19N3O2. The molecule has 5 heteroatoms. The molecule has 98 valence electrons. The highest BCUT2D eigenvalue weighted by Crippen LogP contribution is 2.31. The molecule has 1 fully saturated rings. The first-order valence-electron chi connectivity index (χ1n) is 6.33. The summed E-state index contributed by atoms with van der Waals surface area (Å²) in [7, 11) is 0. The second-order valence-corrected chi connectivity index (χ2v) is 5.19. The van der Waals surface area contributed by atoms with Crippen LogP contribution < -0.4 is 4.90 Å². The largest absolute Gasteiger partial charge is 0.477 e. The summed E-state index contributed by atoms with van der Waals surface area (Å²) in [6.45, 7) is 6.87. The molecule has 1 aliphatic rings. The molecule has 0 aromatic carbocycles. The van der Waals surface area contributed by atoms with Crippen LogP contribution in [-0.2, 0) is 0 Å². The predicted molar refractivity (Wildman–Crippen MR) is 68.9 cm³/mol. The van der Waals surface area contributed by atoms with Gasteiger partial charge in [0, 0.05) is 18.3 Å². The minimum absolute atomic E-state index is 0.0685. The topological polar surface area (TPSA) is 66.3 Å². The highest BCUT2D eigenvalue weighted by Gasteiger charge is 2.27. The van der Waals surface area contributed by atoms with Crippen LogP contribution >= 0.6 is 0 Å². The number of anilines is 1. The molecule has 0 spiro atoms. The normalized spacial score (nSPS) is 14.9. The number of aromatic nitrogens is 2. The van der Waals surface area contributed by atoms with E-state index in [0.717, 1.165) is 6.54 Å². The van der Waals surface area contributed by atoms with Gasteiger partial charge in [0.2, 0.25) is 5.95 Å². The predicted octanol–water partition coefficient (Wildman–Crippen LogP) is 2.11. The van der Waals surface area contributed by atoms with E-state index in [1.54, 1.807) is 6.92 Å². The number of carboxylic acids is 1. The Labute approximate surface area is 107 Å². The average Bonchev–Trinajstić information content (AvgIpc) is 3.08. The van der Waals surface area contributed by atoms with E-state index in [2.05, 4.69) is 28.7 Å². The first-order chi connectivity index (χ1) is 8.47. The van der Waals surface area contributed by atoms with E-state index in [-0.39, 0.29) is 11.7 Å². The van der Waals surface area contributed by atoms with Gasteiger partial charge in [0.05, 0.1) is 0 Å². The van der Waals surface area contributed by atoms with E-state index in [4.69, 9.17) is 5.11 Å². The lowest BCUT2D eigenvalue weighted by atomic mass is 10.3. The number of hydrogen-bond acceptors (Lipinski definition) is 4. The molecule has 0 aliphatic heterocycles. The van der Waals surface area contributed by atoms with Crippen molar-refractivity contribution in [3.8, 4) is 0 Å². The first-order valence-corrected chi connectivity index (χ1v) is 6.33. The van der Waals surface area contributed by atoms with Gasteiger partial charge in [-0.2, -0.15) is 0 Å². The number of rotatable bonds is 5. The van der Waals surface area contributed by atoms with Gasteiger partial charge in [-0.3, -0.25) is 0 Å². The minimum Gasteiger partial charge on any atom is -0.477 e. The zero-order chi connectivity index (χ0) is 13.3. The molecule has 0 amide bonds. The molecule has 1 aromatic heterocycles. The fraction of sp³-hybridized carbons (Fsp3) is 0.615. The molecule has 0 atom stereocenters. The Morgan fingerprint density at radius 2 is 2.17 bits per heavy atom. The van der Waals surface area contributed by atoms with Crippen molar-refractivity contribution in [3.05, 3.63) is 17.5 Å². The van der Waals surface area contributed by atoms with Gasteiger partial charge in [-0.25, -0.2) is 14.8 Å². The molecule has 0 bridgehead atoms. The Morgan fingerprint density at radius 3 is 2.67 bits per heavy atom. The number of aryl methyl sites for hydroxylation is 1. The van der Waals surface area contributed by atoms with Gasteiger partial charge in [0.15, 0.2) is 5.69 Å². The van der Waals surface area contributed by atoms with Crippen molar-refractivity contribution in [1.82, 2.24) is 9.97 Å². The Bertz CT molecular complexity index is 456. The van der Waals surface area contributed by atoms with Crippen LogP contribution in [0.5, 0.6) is 0 Å². The standard InChI is InChI=1S/C13H19N3O2/c1-8(2)16(7-10-4-5-10)13-14-9(3)6-11(15-13)12(17)18/h6,8,10H,4-5,7H2,1-3H3,(H,17,18). The summed E-state index contributed by atoms with van der Waals surface area (Å²) in [6.07, 6.45) is 2.50. The van der Waals surface area contributed by atoms with Gasteiger partial charge in [-0.15, -0.1) is 0 Å². The summed E-state index contributed by atoms with van der Waals surface area (Å²) in [5.74, 6) is 0.246. The number of carbonyl (C=O) groups is 1. The second-order valence-electron chi connectivity index (χ2n) is 5.19. The molecule has 1 N–H and O–H groups in total. The van der Waals surface area contributed by atoms with Crippen LogP contribution in [0.15, 0.2) is 6.07 Å². The number of hydrogen-bond donors (Lipinski definition) is 1. The maximum atomic E-state index is 11.0. The van der Waals surface area contributed by atoms with Gasteiger partial charge in [-0.05, 0) is 45.6 Å². The van der Waals surface area contributed by atoms with Gasteiger partial charge < -0.3 is 10.0 Å². The van der Waals surface area contributed by atoms with E-state index in [1.807, 2.05) is 0 Å². The van der Waals surface area contributed by atoms with E-state index >= 15 is 0 Å². The molecule has 1 aliphatic carbocycles. The smallest absolute Gasteiger partial charge is 0.354 e. The molecule has 0 unspecified atom stereocenters. The van der Waals surface area contributed by atoms with Crippen molar-refractivity contribution in [1.29, 1.82) is 0 Å². The van der Waals surface area contributed by atoms with Gasteiger partial charge in [0.25, 0.3) is 0 Å². The van der Waals surface area contributed by atoms with Crippen molar-refractivity contribution in [2.75, 3.05) is 11.4 Å². The van der Waals surface area contributed by atoms with Crippen LogP contribution in [0, 0.1) is 12.8 Å². The van der Waals surface area contributed by atoms with E-state index in [0.29, 0.717) is 17.6 Å². The van der Waals surface area contributed by atoms with Crippen molar-refractivity contribution in [2.45, 2.75) is 39.7 Å². The Hall–Kier alpha value is -1.65. The van der Waals surface area contributed by atoms with Gasteiger partial charge in [-0.1, -0.05) is 0 Å². The van der Waals surface area contributed by atoms with Gasteiger partial charge >= 0.3 is 5.97 Å². The zero-order valence-electron chi connectivity index (χ0n) is 11.1. The number of aromatic carboxylic acids is 1. The van der Waals surface area contributed by atoms with Gasteiger partial charge in [0.1, 0.15) is 0 Å². The molecule has 1 saturated carbocycles. The Balaban J connectivity index is 2.30. The van der Waals surface area contributed by atoms with Crippen molar-refractivity contribution < 1.29 is 9.90 Å². The van der Waals surface area contributed by atoms with Crippen LogP contribution in [0.1, 0.15) is 42.9 Å². The fourth-order valence-electron chi connectivity index (χ4n) is 1.89. The van der Waals surface area contributed by atoms with E-state index in [9.17, 15) is 4.79 Å². The van der Waals surface area contributed by atoms with Crippen molar-refractivity contribution in [2.24, 2.45) is 5.92 Å². The summed E-state index contributed by atoms with van der Waals surface area (Å²) in [6, 6.07) is 1.77. The number of carboxylic acid groups (broad SMARTS) is 1. The lowest BCUT2D eigenvalue weighted by molar-refractivity contribution is 0.0690. The zero-order valence-corrected chi connectivity index (χ0v) is 11.1. The third kappa shape index (κ3) is 2.97. The highest BCUT2D eigenvalue weighted by atomic mass is 16.4. The summed E-state index contributed by atoms with van der Waals surface area (Å²) >= 11 is 0. The molecule has 0 radical (unpaired) electrons. The second kappa shape index (κ2) is 4.92. The lowest BCUT2D eigenvalue weighted by Gasteiger charge is -2.27. The van der Waals surface area contributed by atoms with Crippen molar-refractivity contribution in [3.63, 3.8) is 0 Å². The average molecular weight is 249 g/mol. The van der Waals surface area contributed by atoms with Crippen LogP contribution in [-0.4, -0.2) is 33.6 Å². The minimum atomic E-state index is -1.00. The maximum Gasteiger partial charge on any atom is 0.354 e. The maximum absolute atomic E-state index is 11.0. The summed E-state index contributed by atoms with van der Waals surface area (Å²) < 4.78 is 0. The van der Waals surface area contributed by atoms with Crippen LogP contribution in [0.4, 0.5) is 5.95 Å². The Kier molecular flexibility index (Phi) is 3.50. The molecule has 5 nitrogen and oxygen atoms in total. The van der Waals surface area contributed by atoms with E-state index in [1.165, 1.54) is 18.9 Å². The lowest BCUT2D eigenvalue weighted by Crippen LogP contribution is -2.34. The van der Waals surface area contributed by atoms with Crippen LogP contribution in [0.25, 0.3) is 0 Å². The SMILES string of the molecule is Cc1cc(C(=O)O)nc(N(CC2CC2)C(C)C)n1. The summed E-state index contributed by atoms with van der Waals surface area (Å²) in [5, 5.41) is 9.04. The Morgan fingerprint density at radius 1 is 1.50 bits per heavy atom. The summed E-state index contributed by atoms with van der Waals surface area (Å²) in [4.78, 5) is 21.6. The summed E-state index contributed by atoms with van der Waals surface area (Å²) in [5.41, 5.74) is 0.762. The molecule has 1 aromatic rings. The molecule has 18 heavy (non-hydrogen) atoms. The molecule has 2 rings (SSSR count). The molecular weight excluding hydrogens is 230 g/mol. The third-order valence-electron chi connectivity index (χ3n) is 3.09. The third-order valence-corrected chi connectivity index (χ3v) is 3.09. The highest BCUT2D eigenvalue weighted by molar-refractivity contribution is 5.85. The fourth-order valence-corrected chi connectivity index (χ4v) is 1.89. The molecule has 0 saturated heterocycles. The monoisotopic (exact) mass is 249 g/mol. The molecule has 1 heterocycles. The number of nitrogens with zero attached hydrogens (tertiary/aromatic N) is 3. The van der Waals surface area contributed by atoms with Crippen LogP contribution in [0.3, 0.4) is 0 Å².